The van der Waals surface area contributed by atoms with Crippen LogP contribution in [0.1, 0.15) is 75.4 Å². The maximum Gasteiger partial charge on any atom is 0.410 e. The fraction of sp³-hybridized carbons (Fsp3) is 0.714. The van der Waals surface area contributed by atoms with Crippen molar-refractivity contribution >= 4 is 23.9 Å². The molecule has 3 heterocycles. The molecule has 3 amide bonds. The number of hydrogen-bond donors (Lipinski definition) is 7. The van der Waals surface area contributed by atoms with E-state index in [1.807, 2.05) is 0 Å². The molecule has 0 aliphatic carbocycles. The van der Waals surface area contributed by atoms with Crippen molar-refractivity contribution in [2.75, 3.05) is 45.9 Å². The Morgan fingerprint density at radius 3 is 2.35 bits per heavy atom. The number of hydrogen-bond acceptors (Lipinski definition) is 12. The Hall–Kier alpha value is -3.54. The van der Waals surface area contributed by atoms with Crippen LogP contribution < -0.4 is 10.6 Å². The lowest BCUT2D eigenvalue weighted by molar-refractivity contribution is -0.249. The minimum absolute atomic E-state index is 0.0456. The fourth-order valence-electron chi connectivity index (χ4n) is 7.39. The number of aryl methyl sites for hydroxylation is 2. The van der Waals surface area contributed by atoms with E-state index >= 15 is 0 Å². The van der Waals surface area contributed by atoms with Crippen LogP contribution in [0.5, 0.6) is 5.75 Å². The number of ether oxygens (including phenoxy) is 3. The van der Waals surface area contributed by atoms with E-state index < -0.39 is 83.5 Å². The maximum atomic E-state index is 13.1. The van der Waals surface area contributed by atoms with Gasteiger partial charge < -0.3 is 55.3 Å². The molecule has 7 atom stereocenters. The summed E-state index contributed by atoms with van der Waals surface area (Å²) in [4.78, 5) is 54.8. The number of carbonyl (C=O) groups excluding carboxylic acids is 3. The first-order valence-electron chi connectivity index (χ1n) is 17.3. The SMILES string of the molecule is CC(=O)N[C@H]1[C@H]([C@H](O)[C@H](O)CNC(=O)c2cc(C)c(O)c(C)c2)O[C@@](CCN2CCOC[C@@]23CCN(C(=O)OC(C)(C)C)C3)(C(=O)O)C[C@]1(C)O. The van der Waals surface area contributed by atoms with Crippen LogP contribution >= 0.6 is 0 Å². The largest absolute Gasteiger partial charge is 0.507 e. The van der Waals surface area contributed by atoms with Crippen LogP contribution in [-0.2, 0) is 23.8 Å². The third-order valence-electron chi connectivity index (χ3n) is 10.0. The van der Waals surface area contributed by atoms with Crippen LogP contribution in [0.4, 0.5) is 4.79 Å². The molecule has 0 saturated carbocycles. The van der Waals surface area contributed by atoms with E-state index in [0.717, 1.165) is 0 Å². The summed E-state index contributed by atoms with van der Waals surface area (Å²) in [5.74, 6) is -2.55. The van der Waals surface area contributed by atoms with Crippen molar-refractivity contribution in [2.45, 2.75) is 114 Å². The van der Waals surface area contributed by atoms with Crippen molar-refractivity contribution in [3.8, 4) is 5.75 Å². The Bertz CT molecular complexity index is 1460. The van der Waals surface area contributed by atoms with Gasteiger partial charge in [-0.2, -0.15) is 0 Å². The summed E-state index contributed by atoms with van der Waals surface area (Å²) in [7, 11) is 0. The smallest absolute Gasteiger partial charge is 0.410 e. The van der Waals surface area contributed by atoms with E-state index in [9.17, 15) is 44.7 Å². The molecule has 16 nitrogen and oxygen atoms in total. The summed E-state index contributed by atoms with van der Waals surface area (Å²) in [6.45, 7) is 12.6. The van der Waals surface area contributed by atoms with Gasteiger partial charge in [0.2, 0.25) is 5.91 Å². The molecule has 3 saturated heterocycles. The monoisotopic (exact) mass is 722 g/mol. The van der Waals surface area contributed by atoms with Gasteiger partial charge in [0.1, 0.15) is 23.6 Å². The van der Waals surface area contributed by atoms with E-state index in [-0.39, 0.29) is 24.3 Å². The first-order valence-corrected chi connectivity index (χ1v) is 17.3. The minimum atomic E-state index is -2.07. The number of aliphatic hydroxyl groups excluding tert-OH is 2. The topological polar surface area (TPSA) is 228 Å². The van der Waals surface area contributed by atoms with E-state index in [2.05, 4.69) is 15.5 Å². The number of aliphatic hydroxyl groups is 3. The highest BCUT2D eigenvalue weighted by Crippen LogP contribution is 2.41. The van der Waals surface area contributed by atoms with E-state index in [1.165, 1.54) is 26.0 Å². The second-order valence-corrected chi connectivity index (χ2v) is 15.5. The molecular formula is C35H54N4O12. The lowest BCUT2D eigenvalue weighted by atomic mass is 9.74. The molecule has 51 heavy (non-hydrogen) atoms. The molecule has 286 valence electrons. The Morgan fingerprint density at radius 1 is 1.12 bits per heavy atom. The number of benzene rings is 1. The lowest BCUT2D eigenvalue weighted by Gasteiger charge is -2.52. The minimum Gasteiger partial charge on any atom is -0.507 e. The highest BCUT2D eigenvalue weighted by molar-refractivity contribution is 5.95. The first-order chi connectivity index (χ1) is 23.6. The summed E-state index contributed by atoms with van der Waals surface area (Å²) in [5, 5.41) is 60.0. The van der Waals surface area contributed by atoms with Crippen molar-refractivity contribution in [2.24, 2.45) is 0 Å². The quantitative estimate of drug-likeness (QED) is 0.174. The number of rotatable bonds is 10. The molecule has 4 rings (SSSR count). The fourth-order valence-corrected chi connectivity index (χ4v) is 7.39. The highest BCUT2D eigenvalue weighted by atomic mass is 16.6. The molecule has 0 radical (unpaired) electrons. The third-order valence-corrected chi connectivity index (χ3v) is 10.0. The number of morpholine rings is 1. The zero-order chi connectivity index (χ0) is 38.1. The van der Waals surface area contributed by atoms with Gasteiger partial charge in [-0.15, -0.1) is 0 Å². The summed E-state index contributed by atoms with van der Waals surface area (Å²) in [5.41, 5.74) is -4.15. The van der Waals surface area contributed by atoms with Crippen LogP contribution in [0.3, 0.4) is 0 Å². The maximum absolute atomic E-state index is 13.1. The Kier molecular flexibility index (Phi) is 12.0. The van der Waals surface area contributed by atoms with E-state index in [1.54, 1.807) is 39.5 Å². The van der Waals surface area contributed by atoms with E-state index in [0.29, 0.717) is 50.4 Å². The third kappa shape index (κ3) is 9.10. The average molecular weight is 723 g/mol. The number of nitrogens with one attached hydrogen (secondary N) is 2. The van der Waals surface area contributed by atoms with Crippen molar-refractivity contribution in [3.63, 3.8) is 0 Å². The molecule has 7 N–H and O–H groups in total. The van der Waals surface area contributed by atoms with Crippen molar-refractivity contribution in [1.29, 1.82) is 0 Å². The molecule has 1 spiro atoms. The van der Waals surface area contributed by atoms with Gasteiger partial charge in [0.25, 0.3) is 5.91 Å². The number of phenols is 1. The van der Waals surface area contributed by atoms with Crippen LogP contribution in [0.2, 0.25) is 0 Å². The summed E-state index contributed by atoms with van der Waals surface area (Å²) in [6.07, 6.45) is -5.73. The second kappa shape index (κ2) is 15.2. The van der Waals surface area contributed by atoms with Gasteiger partial charge in [0.05, 0.1) is 36.5 Å². The molecule has 16 heteroatoms. The van der Waals surface area contributed by atoms with Crippen molar-refractivity contribution < 1.29 is 58.9 Å². The zero-order valence-corrected chi connectivity index (χ0v) is 30.5. The average Bonchev–Trinajstić information content (AvgIpc) is 3.45. The van der Waals surface area contributed by atoms with Crippen molar-refractivity contribution in [1.82, 2.24) is 20.4 Å². The normalized spacial score (nSPS) is 29.7. The second-order valence-electron chi connectivity index (χ2n) is 15.5. The molecule has 0 unspecified atom stereocenters. The number of carbonyl (C=O) groups is 4. The molecule has 0 bridgehead atoms. The molecule has 1 aromatic rings. The van der Waals surface area contributed by atoms with Gasteiger partial charge in [-0.25, -0.2) is 9.59 Å². The number of likely N-dealkylation sites (tertiary alicyclic amines) is 1. The number of phenolic OH excluding ortho intramolecular Hbond substituents is 1. The number of amides is 3. The van der Waals surface area contributed by atoms with Gasteiger partial charge in [0, 0.05) is 58.1 Å². The number of carboxylic acid groups (broad SMARTS) is 1. The van der Waals surface area contributed by atoms with Gasteiger partial charge in [-0.3, -0.25) is 14.5 Å². The van der Waals surface area contributed by atoms with Crippen LogP contribution in [0, 0.1) is 13.8 Å². The van der Waals surface area contributed by atoms with Gasteiger partial charge in [-0.05, 0) is 71.2 Å². The van der Waals surface area contributed by atoms with Crippen LogP contribution in [0.25, 0.3) is 0 Å². The molecule has 1 aromatic carbocycles. The van der Waals surface area contributed by atoms with Gasteiger partial charge in [-0.1, -0.05) is 0 Å². The molecule has 3 aliphatic heterocycles. The predicted molar refractivity (Wildman–Crippen MR) is 182 cm³/mol. The van der Waals surface area contributed by atoms with E-state index in [4.69, 9.17) is 14.2 Å². The van der Waals surface area contributed by atoms with Crippen molar-refractivity contribution in [3.05, 3.63) is 28.8 Å². The van der Waals surface area contributed by atoms with Crippen LogP contribution in [-0.4, -0.2) is 152 Å². The molecule has 0 aromatic heterocycles. The predicted octanol–water partition coefficient (Wildman–Crippen LogP) is 0.431. The number of aliphatic carboxylic acids is 1. The first kappa shape index (κ1) is 40.2. The highest BCUT2D eigenvalue weighted by Gasteiger charge is 2.59. The molecule has 3 fully saturated rings. The molecule has 3 aliphatic rings. The zero-order valence-electron chi connectivity index (χ0n) is 30.5. The summed E-state index contributed by atoms with van der Waals surface area (Å²) < 4.78 is 17.6. The number of carboxylic acids is 1. The van der Waals surface area contributed by atoms with Gasteiger partial charge >= 0.3 is 12.1 Å². The lowest BCUT2D eigenvalue weighted by Crippen LogP contribution is -2.72. The van der Waals surface area contributed by atoms with Gasteiger partial charge in [0.15, 0.2) is 5.60 Å². The summed E-state index contributed by atoms with van der Waals surface area (Å²) >= 11 is 0. The molecular weight excluding hydrogens is 668 g/mol. The number of aromatic hydroxyl groups is 1. The summed E-state index contributed by atoms with van der Waals surface area (Å²) in [6, 6.07) is 1.60. The number of nitrogens with zero attached hydrogens (tertiary/aromatic N) is 2. The Labute approximate surface area is 298 Å². The standard InChI is InChI=1S/C35H54N4O12/c1-20-14-23(15-21(2)25(20)42)29(44)36-16-24(41)26(43)27-28(37-22(3)40)33(7,48)17-35(50-27,30(45)46)9-11-39-12-13-49-19-34(39)8-10-38(18-34)31(47)51-32(4,5)6/h14-15,24,26-28,41-43,48H,8-13,16-19H2,1-7H3,(H,36,44)(H,37,40)(H,45,46)/t24-,26-,27+,28+,33+,34+,35-/m1/s1. The van der Waals surface area contributed by atoms with Crippen LogP contribution in [0.15, 0.2) is 12.1 Å². The Morgan fingerprint density at radius 2 is 1.76 bits per heavy atom. The Balaban J connectivity index is 1.54.